The number of aliphatic hydroxyl groups is 1. The Morgan fingerprint density at radius 3 is 2.78 bits per heavy atom. The largest absolute Gasteiger partial charge is 0.395 e. The fourth-order valence-corrected chi connectivity index (χ4v) is 2.53. The first-order valence-electron chi connectivity index (χ1n) is 6.07. The lowest BCUT2D eigenvalue weighted by atomic mass is 10.1. The van der Waals surface area contributed by atoms with Crippen LogP contribution < -0.4 is 10.2 Å². The molecule has 3 nitrogen and oxygen atoms in total. The highest BCUT2D eigenvalue weighted by atomic mass is 79.9. The van der Waals surface area contributed by atoms with Crippen molar-refractivity contribution in [3.8, 4) is 0 Å². The Morgan fingerprint density at radius 1 is 1.56 bits per heavy atom. The lowest BCUT2D eigenvalue weighted by Crippen LogP contribution is -2.26. The van der Waals surface area contributed by atoms with Crippen molar-refractivity contribution in [1.82, 2.24) is 5.32 Å². The topological polar surface area (TPSA) is 35.5 Å². The summed E-state index contributed by atoms with van der Waals surface area (Å²) < 4.78 is 1.08. The average Bonchev–Trinajstić information content (AvgIpc) is 2.37. The second-order valence-electron chi connectivity index (χ2n) is 4.17. The zero-order valence-corrected chi connectivity index (χ0v) is 12.6. The third-order valence-corrected chi connectivity index (χ3v) is 3.65. The SMILES string of the molecule is C=CCN(CCO)c1ccc(C(C)NC)c(Br)c1. The van der Waals surface area contributed by atoms with Gasteiger partial charge in [-0.25, -0.2) is 0 Å². The molecule has 100 valence electrons. The molecular formula is C14H21BrN2O. The van der Waals surface area contributed by atoms with E-state index in [9.17, 15) is 0 Å². The molecule has 1 aromatic rings. The van der Waals surface area contributed by atoms with E-state index >= 15 is 0 Å². The fourth-order valence-electron chi connectivity index (χ4n) is 1.82. The van der Waals surface area contributed by atoms with Crippen LogP contribution in [0.5, 0.6) is 0 Å². The van der Waals surface area contributed by atoms with Gasteiger partial charge in [-0.15, -0.1) is 6.58 Å². The molecule has 0 saturated heterocycles. The first-order valence-corrected chi connectivity index (χ1v) is 6.86. The van der Waals surface area contributed by atoms with Crippen LogP contribution in [0, 0.1) is 0 Å². The quantitative estimate of drug-likeness (QED) is 0.760. The molecule has 0 aliphatic carbocycles. The Kier molecular flexibility index (Phi) is 6.39. The van der Waals surface area contributed by atoms with Gasteiger partial charge in [0.15, 0.2) is 0 Å². The summed E-state index contributed by atoms with van der Waals surface area (Å²) in [5, 5.41) is 12.3. The highest BCUT2D eigenvalue weighted by molar-refractivity contribution is 9.10. The molecule has 1 aromatic carbocycles. The van der Waals surface area contributed by atoms with Gasteiger partial charge in [-0.3, -0.25) is 0 Å². The molecule has 2 N–H and O–H groups in total. The molecule has 1 unspecified atom stereocenters. The lowest BCUT2D eigenvalue weighted by molar-refractivity contribution is 0.303. The molecule has 0 fully saturated rings. The third-order valence-electron chi connectivity index (χ3n) is 2.97. The number of aliphatic hydroxyl groups excluding tert-OH is 1. The van der Waals surface area contributed by atoms with E-state index in [0.29, 0.717) is 12.6 Å². The van der Waals surface area contributed by atoms with Gasteiger partial charge in [0.2, 0.25) is 0 Å². The maximum Gasteiger partial charge on any atom is 0.0606 e. The van der Waals surface area contributed by atoms with E-state index in [2.05, 4.69) is 57.8 Å². The van der Waals surface area contributed by atoms with Gasteiger partial charge >= 0.3 is 0 Å². The van der Waals surface area contributed by atoms with E-state index < -0.39 is 0 Å². The summed E-state index contributed by atoms with van der Waals surface area (Å²) in [5.74, 6) is 0. The molecule has 0 amide bonds. The number of hydrogen-bond acceptors (Lipinski definition) is 3. The maximum atomic E-state index is 9.08. The molecule has 0 aromatic heterocycles. The van der Waals surface area contributed by atoms with Crippen LogP contribution in [0.2, 0.25) is 0 Å². The standard InChI is InChI=1S/C14H21BrN2O/c1-4-7-17(8-9-18)12-5-6-13(11(2)16-3)14(15)10-12/h4-6,10-11,16,18H,1,7-9H2,2-3H3. The van der Waals surface area contributed by atoms with E-state index in [1.54, 1.807) is 0 Å². The van der Waals surface area contributed by atoms with Gasteiger partial charge in [-0.2, -0.15) is 0 Å². The Balaban J connectivity index is 2.97. The summed E-state index contributed by atoms with van der Waals surface area (Å²) >= 11 is 3.60. The van der Waals surface area contributed by atoms with Crippen molar-refractivity contribution in [2.24, 2.45) is 0 Å². The normalized spacial score (nSPS) is 12.2. The van der Waals surface area contributed by atoms with E-state index in [1.165, 1.54) is 5.56 Å². The molecule has 18 heavy (non-hydrogen) atoms. The van der Waals surface area contributed by atoms with E-state index in [1.807, 2.05) is 13.1 Å². The van der Waals surface area contributed by atoms with Crippen molar-refractivity contribution < 1.29 is 5.11 Å². The van der Waals surface area contributed by atoms with Crippen LogP contribution in [-0.4, -0.2) is 31.9 Å². The van der Waals surface area contributed by atoms with E-state index in [-0.39, 0.29) is 6.61 Å². The van der Waals surface area contributed by atoms with Crippen molar-refractivity contribution >= 4 is 21.6 Å². The van der Waals surface area contributed by atoms with Crippen molar-refractivity contribution in [3.05, 3.63) is 40.9 Å². The van der Waals surface area contributed by atoms with Crippen LogP contribution in [0.25, 0.3) is 0 Å². The average molecular weight is 313 g/mol. The Morgan fingerprint density at radius 2 is 2.28 bits per heavy atom. The summed E-state index contributed by atoms with van der Waals surface area (Å²) in [6, 6.07) is 6.57. The van der Waals surface area contributed by atoms with Crippen LogP contribution in [0.3, 0.4) is 0 Å². The minimum atomic E-state index is 0.139. The summed E-state index contributed by atoms with van der Waals surface area (Å²) in [5.41, 5.74) is 2.31. The minimum Gasteiger partial charge on any atom is -0.395 e. The van der Waals surface area contributed by atoms with Gasteiger partial charge in [0, 0.05) is 29.3 Å². The minimum absolute atomic E-state index is 0.139. The smallest absolute Gasteiger partial charge is 0.0606 e. The highest BCUT2D eigenvalue weighted by Crippen LogP contribution is 2.28. The second kappa shape index (κ2) is 7.56. The summed E-state index contributed by atoms with van der Waals surface area (Å²) in [7, 11) is 1.95. The monoisotopic (exact) mass is 312 g/mol. The maximum absolute atomic E-state index is 9.08. The molecule has 1 rings (SSSR count). The van der Waals surface area contributed by atoms with Gasteiger partial charge in [0.05, 0.1) is 6.61 Å². The van der Waals surface area contributed by atoms with Gasteiger partial charge in [0.1, 0.15) is 0 Å². The van der Waals surface area contributed by atoms with Crippen molar-refractivity contribution in [2.75, 3.05) is 31.6 Å². The number of hydrogen-bond donors (Lipinski definition) is 2. The molecule has 0 radical (unpaired) electrons. The zero-order valence-electron chi connectivity index (χ0n) is 11.0. The van der Waals surface area contributed by atoms with Crippen LogP contribution in [0.1, 0.15) is 18.5 Å². The summed E-state index contributed by atoms with van der Waals surface area (Å²) in [6.07, 6.45) is 1.84. The molecular weight excluding hydrogens is 292 g/mol. The van der Waals surface area contributed by atoms with E-state index in [0.717, 1.165) is 16.7 Å². The second-order valence-corrected chi connectivity index (χ2v) is 5.03. The van der Waals surface area contributed by atoms with Crippen molar-refractivity contribution in [1.29, 1.82) is 0 Å². The fraction of sp³-hybridized carbons (Fsp3) is 0.429. The van der Waals surface area contributed by atoms with Gasteiger partial charge in [0.25, 0.3) is 0 Å². The Bertz CT molecular complexity index is 395. The van der Waals surface area contributed by atoms with Gasteiger partial charge in [-0.05, 0) is 31.7 Å². The van der Waals surface area contributed by atoms with Crippen molar-refractivity contribution in [3.63, 3.8) is 0 Å². The first kappa shape index (κ1) is 15.2. The molecule has 0 aliphatic rings. The molecule has 0 aliphatic heterocycles. The van der Waals surface area contributed by atoms with Crippen molar-refractivity contribution in [2.45, 2.75) is 13.0 Å². The van der Waals surface area contributed by atoms with Crippen LogP contribution >= 0.6 is 15.9 Å². The number of anilines is 1. The molecule has 0 heterocycles. The van der Waals surface area contributed by atoms with Crippen LogP contribution in [-0.2, 0) is 0 Å². The predicted molar refractivity (Wildman–Crippen MR) is 81.1 cm³/mol. The summed E-state index contributed by atoms with van der Waals surface area (Å²) in [4.78, 5) is 2.09. The molecule has 4 heteroatoms. The number of rotatable bonds is 7. The first-order chi connectivity index (χ1) is 8.63. The Hall–Kier alpha value is -0.840. The van der Waals surface area contributed by atoms with Crippen LogP contribution in [0.4, 0.5) is 5.69 Å². The number of benzene rings is 1. The zero-order chi connectivity index (χ0) is 13.5. The number of nitrogens with zero attached hydrogens (tertiary/aromatic N) is 1. The predicted octanol–water partition coefficient (Wildman–Crippen LogP) is 2.71. The highest BCUT2D eigenvalue weighted by Gasteiger charge is 2.10. The molecule has 0 spiro atoms. The third kappa shape index (κ3) is 3.83. The Labute approximate surface area is 118 Å². The molecule has 0 bridgehead atoms. The number of nitrogens with one attached hydrogen (secondary N) is 1. The summed E-state index contributed by atoms with van der Waals surface area (Å²) in [6.45, 7) is 7.34. The molecule has 1 atom stereocenters. The number of halogens is 1. The van der Waals surface area contributed by atoms with Gasteiger partial charge in [-0.1, -0.05) is 28.1 Å². The van der Waals surface area contributed by atoms with Gasteiger partial charge < -0.3 is 15.3 Å². The van der Waals surface area contributed by atoms with E-state index in [4.69, 9.17) is 5.11 Å². The molecule has 0 saturated carbocycles. The lowest BCUT2D eigenvalue weighted by Gasteiger charge is -2.24. The van der Waals surface area contributed by atoms with Crippen LogP contribution in [0.15, 0.2) is 35.3 Å².